The molecule has 9 heteroatoms. The van der Waals surface area contributed by atoms with Crippen molar-refractivity contribution in [2.45, 2.75) is 44.6 Å². The monoisotopic (exact) mass is 411 g/mol. The largest absolute Gasteiger partial charge is 0.497 e. The molecule has 1 fully saturated rings. The van der Waals surface area contributed by atoms with Crippen LogP contribution >= 0.6 is 0 Å². The van der Waals surface area contributed by atoms with Crippen LogP contribution in [-0.2, 0) is 9.59 Å². The van der Waals surface area contributed by atoms with E-state index >= 15 is 0 Å². The van der Waals surface area contributed by atoms with E-state index in [1.54, 1.807) is 31.4 Å². The Hall–Kier alpha value is -3.36. The third kappa shape index (κ3) is 3.87. The zero-order valence-corrected chi connectivity index (χ0v) is 17.0. The molecule has 2 amide bonds. The lowest BCUT2D eigenvalue weighted by atomic mass is 9.92. The van der Waals surface area contributed by atoms with E-state index in [9.17, 15) is 14.4 Å². The lowest BCUT2D eigenvalue weighted by Crippen LogP contribution is -2.41. The van der Waals surface area contributed by atoms with Crippen molar-refractivity contribution in [3.05, 3.63) is 40.2 Å². The number of nitrogens with one attached hydrogen (secondary N) is 3. The second-order valence-corrected chi connectivity index (χ2v) is 7.71. The van der Waals surface area contributed by atoms with E-state index in [1.807, 2.05) is 4.90 Å². The molecule has 0 spiro atoms. The summed E-state index contributed by atoms with van der Waals surface area (Å²) in [4.78, 5) is 47.5. The van der Waals surface area contributed by atoms with Gasteiger partial charge in [0.1, 0.15) is 11.6 Å². The lowest BCUT2D eigenvalue weighted by molar-refractivity contribution is -0.123. The number of benzene rings is 1. The summed E-state index contributed by atoms with van der Waals surface area (Å²) in [5.41, 5.74) is 0.341. The third-order valence-electron chi connectivity index (χ3n) is 5.69. The normalized spacial score (nSPS) is 20.9. The number of nitrogens with zero attached hydrogens (tertiary/aromatic N) is 2. The zero-order chi connectivity index (χ0) is 21.3. The molecule has 2 aliphatic rings. The highest BCUT2D eigenvalue weighted by Crippen LogP contribution is 2.31. The predicted molar refractivity (Wildman–Crippen MR) is 113 cm³/mol. The van der Waals surface area contributed by atoms with Gasteiger partial charge in [-0.15, -0.1) is 0 Å². The Morgan fingerprint density at radius 3 is 2.70 bits per heavy atom. The minimum atomic E-state index is -0.917. The van der Waals surface area contributed by atoms with Crippen LogP contribution in [-0.4, -0.2) is 41.5 Å². The summed E-state index contributed by atoms with van der Waals surface area (Å²) in [5, 5.41) is 5.44. The van der Waals surface area contributed by atoms with Crippen LogP contribution in [0.4, 0.5) is 17.5 Å². The quantitative estimate of drug-likeness (QED) is 0.710. The summed E-state index contributed by atoms with van der Waals surface area (Å²) in [6.45, 7) is 2.88. The number of carbonyl (C=O) groups excluding carboxylic acids is 2. The van der Waals surface area contributed by atoms with Gasteiger partial charge in [0, 0.05) is 24.7 Å². The van der Waals surface area contributed by atoms with E-state index in [1.165, 1.54) is 0 Å². The van der Waals surface area contributed by atoms with Crippen LogP contribution in [0.3, 0.4) is 0 Å². The van der Waals surface area contributed by atoms with E-state index in [4.69, 9.17) is 4.74 Å². The number of amides is 2. The number of aromatic nitrogens is 2. The molecule has 0 bridgehead atoms. The van der Waals surface area contributed by atoms with Gasteiger partial charge >= 0.3 is 0 Å². The first-order chi connectivity index (χ1) is 14.5. The maximum atomic E-state index is 12.9. The molecule has 0 saturated carbocycles. The highest BCUT2D eigenvalue weighted by atomic mass is 16.5. The second-order valence-electron chi connectivity index (χ2n) is 7.71. The van der Waals surface area contributed by atoms with Crippen LogP contribution in [0.25, 0.3) is 0 Å². The minimum absolute atomic E-state index is 0.112. The van der Waals surface area contributed by atoms with Gasteiger partial charge in [0.25, 0.3) is 5.56 Å². The fourth-order valence-corrected chi connectivity index (χ4v) is 4.04. The molecular weight excluding hydrogens is 386 g/mol. The number of piperidine rings is 1. The van der Waals surface area contributed by atoms with Gasteiger partial charge in [-0.25, -0.2) is 0 Å². The maximum absolute atomic E-state index is 12.9. The van der Waals surface area contributed by atoms with Crippen LogP contribution < -0.4 is 25.8 Å². The van der Waals surface area contributed by atoms with Gasteiger partial charge in [0.05, 0.1) is 18.6 Å². The number of hydrogen-bond donors (Lipinski definition) is 3. The molecule has 0 aliphatic carbocycles. The van der Waals surface area contributed by atoms with Crippen LogP contribution in [0.5, 0.6) is 5.75 Å². The number of aromatic amines is 1. The Bertz CT molecular complexity index is 1020. The summed E-state index contributed by atoms with van der Waals surface area (Å²) >= 11 is 0. The van der Waals surface area contributed by atoms with Gasteiger partial charge in [0.15, 0.2) is 0 Å². The van der Waals surface area contributed by atoms with Gasteiger partial charge in [-0.05, 0) is 50.5 Å². The van der Waals surface area contributed by atoms with Crippen LogP contribution in [0.1, 0.15) is 44.1 Å². The van der Waals surface area contributed by atoms with Gasteiger partial charge in [0.2, 0.25) is 17.8 Å². The summed E-state index contributed by atoms with van der Waals surface area (Å²) in [6.07, 6.45) is 3.06. The summed E-state index contributed by atoms with van der Waals surface area (Å²) < 4.78 is 5.11. The van der Waals surface area contributed by atoms with Crippen molar-refractivity contribution in [1.29, 1.82) is 0 Å². The number of H-pyrrole nitrogens is 1. The van der Waals surface area contributed by atoms with E-state index in [0.717, 1.165) is 25.8 Å². The molecular formula is C21H25N5O4. The van der Waals surface area contributed by atoms with Crippen molar-refractivity contribution in [3.63, 3.8) is 0 Å². The Kier molecular flexibility index (Phi) is 5.43. The van der Waals surface area contributed by atoms with Crippen LogP contribution in [0.15, 0.2) is 29.1 Å². The first-order valence-electron chi connectivity index (χ1n) is 10.1. The number of fused-ring (bicyclic) bond motifs is 1. The zero-order valence-electron chi connectivity index (χ0n) is 17.0. The molecule has 3 N–H and O–H groups in total. The Labute approximate surface area is 173 Å². The summed E-state index contributed by atoms with van der Waals surface area (Å²) in [7, 11) is 1.56. The predicted octanol–water partition coefficient (Wildman–Crippen LogP) is 2.22. The molecule has 1 aromatic carbocycles. The van der Waals surface area contributed by atoms with Crippen molar-refractivity contribution in [3.8, 4) is 5.75 Å². The van der Waals surface area contributed by atoms with Gasteiger partial charge in [-0.2, -0.15) is 4.98 Å². The highest BCUT2D eigenvalue weighted by Gasteiger charge is 2.35. The van der Waals surface area contributed by atoms with Crippen molar-refractivity contribution in [1.82, 2.24) is 9.97 Å². The molecule has 1 aromatic heterocycles. The standard InChI is InChI=1S/C21H25N5O4/c1-12-5-3-4-10-26(12)21-24-18-17(20(29)25-21)15(11-16(27)23-18)19(28)22-13-6-8-14(30-2)9-7-13/h6-9,12,15H,3-5,10-11H2,1-2H3,(H,22,28)(H2,23,24,25,27,29). The molecule has 0 radical (unpaired) electrons. The van der Waals surface area contributed by atoms with Crippen LogP contribution in [0.2, 0.25) is 0 Å². The first kappa shape index (κ1) is 19.9. The summed E-state index contributed by atoms with van der Waals surface area (Å²) in [5.74, 6) is -0.425. The molecule has 158 valence electrons. The first-order valence-corrected chi connectivity index (χ1v) is 10.1. The molecule has 2 atom stereocenters. The molecule has 2 unspecified atom stereocenters. The molecule has 4 rings (SSSR count). The van der Waals surface area contributed by atoms with Crippen molar-refractivity contribution >= 4 is 29.3 Å². The Morgan fingerprint density at radius 2 is 2.00 bits per heavy atom. The SMILES string of the molecule is COc1ccc(NC(=O)C2CC(=O)Nc3nc(N4CCCCC4C)[nH]c(=O)c32)cc1. The fraction of sp³-hybridized carbons (Fsp3) is 0.429. The summed E-state index contributed by atoms with van der Waals surface area (Å²) in [6, 6.07) is 7.08. The van der Waals surface area contributed by atoms with Crippen molar-refractivity contribution in [2.75, 3.05) is 29.2 Å². The maximum Gasteiger partial charge on any atom is 0.258 e. The molecule has 2 aromatic rings. The number of hydrogen-bond acceptors (Lipinski definition) is 6. The molecule has 9 nitrogen and oxygen atoms in total. The van der Waals surface area contributed by atoms with E-state index in [0.29, 0.717) is 17.4 Å². The van der Waals surface area contributed by atoms with E-state index in [2.05, 4.69) is 27.5 Å². The van der Waals surface area contributed by atoms with E-state index < -0.39 is 17.4 Å². The average molecular weight is 411 g/mol. The van der Waals surface area contributed by atoms with Gasteiger partial charge in [-0.1, -0.05) is 0 Å². The number of ether oxygens (including phenoxy) is 1. The highest BCUT2D eigenvalue weighted by molar-refractivity contribution is 6.04. The van der Waals surface area contributed by atoms with Crippen molar-refractivity contribution < 1.29 is 14.3 Å². The van der Waals surface area contributed by atoms with E-state index in [-0.39, 0.29) is 29.8 Å². The average Bonchev–Trinajstić information content (AvgIpc) is 2.73. The number of methoxy groups -OCH3 is 1. The molecule has 2 aliphatic heterocycles. The fourth-order valence-electron chi connectivity index (χ4n) is 4.04. The number of anilines is 3. The smallest absolute Gasteiger partial charge is 0.258 e. The topological polar surface area (TPSA) is 116 Å². The van der Waals surface area contributed by atoms with Gasteiger partial charge < -0.3 is 20.3 Å². The molecule has 3 heterocycles. The number of carbonyl (C=O) groups is 2. The van der Waals surface area contributed by atoms with Crippen LogP contribution in [0, 0.1) is 0 Å². The lowest BCUT2D eigenvalue weighted by Gasteiger charge is -2.34. The Morgan fingerprint density at radius 1 is 1.23 bits per heavy atom. The van der Waals surface area contributed by atoms with Crippen molar-refractivity contribution in [2.24, 2.45) is 0 Å². The second kappa shape index (κ2) is 8.17. The van der Waals surface area contributed by atoms with Gasteiger partial charge in [-0.3, -0.25) is 19.4 Å². The minimum Gasteiger partial charge on any atom is -0.497 e. The molecule has 30 heavy (non-hydrogen) atoms. The molecule has 1 saturated heterocycles. The third-order valence-corrected chi connectivity index (χ3v) is 5.69. The Balaban J connectivity index is 1.63. The number of rotatable bonds is 4.